The number of carbonyl (C=O) groups is 1. The lowest BCUT2D eigenvalue weighted by Crippen LogP contribution is -2.45. The van der Waals surface area contributed by atoms with Crippen molar-refractivity contribution in [3.8, 4) is 22.9 Å². The van der Waals surface area contributed by atoms with E-state index in [4.69, 9.17) is 14.0 Å². The molecule has 6 rings (SSSR count). The van der Waals surface area contributed by atoms with Crippen molar-refractivity contribution in [1.29, 1.82) is 0 Å². The van der Waals surface area contributed by atoms with Crippen molar-refractivity contribution >= 4 is 11.6 Å². The zero-order chi connectivity index (χ0) is 24.6. The van der Waals surface area contributed by atoms with Crippen molar-refractivity contribution in [3.63, 3.8) is 0 Å². The van der Waals surface area contributed by atoms with Gasteiger partial charge < -0.3 is 19.3 Å². The number of hydrogen-bond acceptors (Lipinski definition) is 6. The fourth-order valence-corrected chi connectivity index (χ4v) is 4.43. The van der Waals surface area contributed by atoms with E-state index in [0.717, 1.165) is 5.56 Å². The van der Waals surface area contributed by atoms with E-state index in [0.29, 0.717) is 39.7 Å². The number of fused-ring (bicyclic) bond motifs is 1. The number of allylic oxidation sites excluding steroid dienone is 1. The summed E-state index contributed by atoms with van der Waals surface area (Å²) in [7, 11) is 0. The Morgan fingerprint density at radius 3 is 2.64 bits per heavy atom. The van der Waals surface area contributed by atoms with Crippen LogP contribution in [0.3, 0.4) is 0 Å². The lowest BCUT2D eigenvalue weighted by molar-refractivity contribution is 0.174. The van der Waals surface area contributed by atoms with Crippen LogP contribution in [-0.2, 0) is 6.54 Å². The SMILES string of the molecule is CC1=C(c2nc(-c3ccc4c(c3)OCO4)no2)C(c2ccccc2)NC(=O)N1Cc1ccccc1F. The van der Waals surface area contributed by atoms with E-state index in [1.807, 2.05) is 36.4 Å². The lowest BCUT2D eigenvalue weighted by atomic mass is 9.94. The predicted molar refractivity (Wildman–Crippen MR) is 128 cm³/mol. The van der Waals surface area contributed by atoms with Gasteiger partial charge in [0.15, 0.2) is 11.5 Å². The van der Waals surface area contributed by atoms with Crippen LogP contribution < -0.4 is 14.8 Å². The van der Waals surface area contributed by atoms with Gasteiger partial charge in [0, 0.05) is 16.8 Å². The van der Waals surface area contributed by atoms with Gasteiger partial charge in [0.1, 0.15) is 5.82 Å². The first-order chi connectivity index (χ1) is 17.6. The normalized spacial score (nSPS) is 16.9. The van der Waals surface area contributed by atoms with Gasteiger partial charge in [0.25, 0.3) is 5.89 Å². The van der Waals surface area contributed by atoms with Crippen molar-refractivity contribution in [2.75, 3.05) is 6.79 Å². The molecule has 36 heavy (non-hydrogen) atoms. The van der Waals surface area contributed by atoms with Gasteiger partial charge >= 0.3 is 6.03 Å². The molecule has 0 bridgehead atoms. The van der Waals surface area contributed by atoms with Crippen LogP contribution >= 0.6 is 0 Å². The maximum atomic E-state index is 14.4. The zero-order valence-electron chi connectivity index (χ0n) is 19.3. The number of nitrogens with zero attached hydrogens (tertiary/aromatic N) is 3. The summed E-state index contributed by atoms with van der Waals surface area (Å²) in [6, 6.07) is 20.4. The van der Waals surface area contributed by atoms with Crippen LogP contribution in [0.25, 0.3) is 17.0 Å². The Labute approximate surface area is 206 Å². The van der Waals surface area contributed by atoms with Gasteiger partial charge in [-0.1, -0.05) is 53.7 Å². The van der Waals surface area contributed by atoms with Crippen LogP contribution in [-0.4, -0.2) is 27.9 Å². The number of aromatic nitrogens is 2. The molecule has 0 saturated carbocycles. The molecule has 0 radical (unpaired) electrons. The average molecular weight is 484 g/mol. The molecule has 4 aromatic rings. The van der Waals surface area contributed by atoms with Crippen LogP contribution in [0.2, 0.25) is 0 Å². The van der Waals surface area contributed by atoms with Crippen molar-refractivity contribution in [1.82, 2.24) is 20.4 Å². The minimum atomic E-state index is -0.527. The molecule has 180 valence electrons. The number of halogens is 1. The van der Waals surface area contributed by atoms with E-state index in [2.05, 4.69) is 15.5 Å². The molecular formula is C27H21FN4O4. The minimum absolute atomic E-state index is 0.0541. The third kappa shape index (κ3) is 3.84. The summed E-state index contributed by atoms with van der Waals surface area (Å²) < 4.78 is 31.0. The average Bonchev–Trinajstić information content (AvgIpc) is 3.57. The topological polar surface area (TPSA) is 89.7 Å². The highest BCUT2D eigenvalue weighted by Gasteiger charge is 2.36. The second kappa shape index (κ2) is 8.84. The number of urea groups is 1. The van der Waals surface area contributed by atoms with E-state index in [1.54, 1.807) is 37.3 Å². The number of carbonyl (C=O) groups excluding carboxylic acids is 1. The molecule has 1 aromatic heterocycles. The van der Waals surface area contributed by atoms with Crippen LogP contribution in [0, 0.1) is 5.82 Å². The number of benzene rings is 3. The van der Waals surface area contributed by atoms with Crippen LogP contribution in [0.1, 0.15) is 30.0 Å². The standard InChI is InChI=1S/C27H21FN4O4/c1-16-23(26-30-25(31-36-26)18-11-12-21-22(13-18)35-15-34-21)24(17-7-3-2-4-8-17)29-27(33)32(16)14-19-9-5-6-10-20(19)28/h2-13,24H,14-15H2,1H3,(H,29,33). The summed E-state index contributed by atoms with van der Waals surface area (Å²) in [5.74, 6) is 1.51. The van der Waals surface area contributed by atoms with Gasteiger partial charge in [-0.3, -0.25) is 4.90 Å². The molecule has 8 nitrogen and oxygen atoms in total. The Bertz CT molecular complexity index is 1480. The Hall–Kier alpha value is -4.66. The first-order valence-electron chi connectivity index (χ1n) is 11.4. The van der Waals surface area contributed by atoms with E-state index in [1.165, 1.54) is 11.0 Å². The van der Waals surface area contributed by atoms with E-state index in [-0.39, 0.29) is 31.1 Å². The fourth-order valence-electron chi connectivity index (χ4n) is 4.43. The number of nitrogens with one attached hydrogen (secondary N) is 1. The van der Waals surface area contributed by atoms with Crippen molar-refractivity contribution in [2.24, 2.45) is 0 Å². The number of amides is 2. The summed E-state index contributed by atoms with van der Waals surface area (Å²) in [4.78, 5) is 19.3. The smallest absolute Gasteiger partial charge is 0.322 e. The van der Waals surface area contributed by atoms with Gasteiger partial charge in [-0.05, 0) is 36.8 Å². The molecule has 0 spiro atoms. The summed E-state index contributed by atoms with van der Waals surface area (Å²) >= 11 is 0. The Kier molecular flexibility index (Phi) is 5.37. The largest absolute Gasteiger partial charge is 0.454 e. The molecule has 1 unspecified atom stereocenters. The number of ether oxygens (including phenoxy) is 2. The molecule has 2 aliphatic rings. The minimum Gasteiger partial charge on any atom is -0.454 e. The third-order valence-electron chi connectivity index (χ3n) is 6.30. The molecule has 3 aromatic carbocycles. The van der Waals surface area contributed by atoms with Gasteiger partial charge in [0.05, 0.1) is 18.2 Å². The molecule has 2 amide bonds. The zero-order valence-corrected chi connectivity index (χ0v) is 19.3. The molecular weight excluding hydrogens is 463 g/mol. The van der Waals surface area contributed by atoms with E-state index >= 15 is 0 Å². The van der Waals surface area contributed by atoms with Gasteiger partial charge in [-0.25, -0.2) is 9.18 Å². The summed E-state index contributed by atoms with van der Waals surface area (Å²) in [6.45, 7) is 2.02. The van der Waals surface area contributed by atoms with Crippen LogP contribution in [0.15, 0.2) is 83.0 Å². The lowest BCUT2D eigenvalue weighted by Gasteiger charge is -2.35. The predicted octanol–water partition coefficient (Wildman–Crippen LogP) is 5.30. The molecule has 9 heteroatoms. The highest BCUT2D eigenvalue weighted by molar-refractivity contribution is 5.87. The van der Waals surface area contributed by atoms with Crippen LogP contribution in [0.4, 0.5) is 9.18 Å². The third-order valence-corrected chi connectivity index (χ3v) is 6.30. The number of hydrogen-bond donors (Lipinski definition) is 1. The van der Waals surface area contributed by atoms with Gasteiger partial charge in [-0.2, -0.15) is 4.98 Å². The maximum absolute atomic E-state index is 14.4. The molecule has 3 heterocycles. The maximum Gasteiger partial charge on any atom is 0.322 e. The van der Waals surface area contributed by atoms with Crippen molar-refractivity contribution in [2.45, 2.75) is 19.5 Å². The van der Waals surface area contributed by atoms with E-state index < -0.39 is 6.04 Å². The Morgan fingerprint density at radius 2 is 1.81 bits per heavy atom. The second-order valence-corrected chi connectivity index (χ2v) is 8.46. The summed E-state index contributed by atoms with van der Waals surface area (Å²) in [5.41, 5.74) is 3.19. The van der Waals surface area contributed by atoms with Crippen LogP contribution in [0.5, 0.6) is 11.5 Å². The van der Waals surface area contributed by atoms with Gasteiger partial charge in [-0.15, -0.1) is 0 Å². The first-order valence-corrected chi connectivity index (χ1v) is 11.4. The Morgan fingerprint density at radius 1 is 1.03 bits per heavy atom. The first kappa shape index (κ1) is 21.8. The molecule has 0 aliphatic carbocycles. The molecule has 0 fully saturated rings. The number of rotatable bonds is 5. The molecule has 1 atom stereocenters. The highest BCUT2D eigenvalue weighted by Crippen LogP contribution is 2.39. The van der Waals surface area contributed by atoms with Crippen molar-refractivity contribution in [3.05, 3.63) is 101 Å². The fraction of sp³-hybridized carbons (Fsp3) is 0.148. The molecule has 2 aliphatic heterocycles. The summed E-state index contributed by atoms with van der Waals surface area (Å²) in [6.07, 6.45) is 0. The quantitative estimate of drug-likeness (QED) is 0.413. The van der Waals surface area contributed by atoms with Crippen molar-refractivity contribution < 1.29 is 23.2 Å². The van der Waals surface area contributed by atoms with E-state index in [9.17, 15) is 9.18 Å². The monoisotopic (exact) mass is 484 g/mol. The molecule has 1 N–H and O–H groups in total. The molecule has 0 saturated heterocycles. The summed E-state index contributed by atoms with van der Waals surface area (Å²) in [5, 5.41) is 7.21. The second-order valence-electron chi connectivity index (χ2n) is 8.46. The Balaban J connectivity index is 1.43. The highest BCUT2D eigenvalue weighted by atomic mass is 19.1. The van der Waals surface area contributed by atoms with Gasteiger partial charge in [0.2, 0.25) is 12.6 Å².